The van der Waals surface area contributed by atoms with E-state index in [9.17, 15) is 4.39 Å². The van der Waals surface area contributed by atoms with Crippen molar-refractivity contribution in [2.24, 2.45) is 5.92 Å². The SMILES string of the molecule is CN(C)[C@H]1CCN(Cc2ccc(Cl)cc2F)C[C@H]1CCCO. The molecule has 0 unspecified atom stereocenters. The number of hydrogen-bond donors (Lipinski definition) is 1. The van der Waals surface area contributed by atoms with Gasteiger partial charge in [-0.05, 0) is 58.0 Å². The number of halogens is 2. The molecule has 2 atom stereocenters. The van der Waals surface area contributed by atoms with E-state index in [1.807, 2.05) is 0 Å². The molecule has 0 radical (unpaired) electrons. The largest absolute Gasteiger partial charge is 0.396 e. The monoisotopic (exact) mass is 328 g/mol. The van der Waals surface area contributed by atoms with Crippen molar-refractivity contribution in [2.45, 2.75) is 31.8 Å². The van der Waals surface area contributed by atoms with Gasteiger partial charge in [0.2, 0.25) is 0 Å². The number of aliphatic hydroxyl groups excluding tert-OH is 1. The van der Waals surface area contributed by atoms with Gasteiger partial charge in [0.15, 0.2) is 0 Å². The maximum Gasteiger partial charge on any atom is 0.129 e. The second-order valence-electron chi connectivity index (χ2n) is 6.42. The molecule has 0 aromatic heterocycles. The zero-order valence-electron chi connectivity index (χ0n) is 13.4. The van der Waals surface area contributed by atoms with E-state index >= 15 is 0 Å². The quantitative estimate of drug-likeness (QED) is 0.869. The first-order valence-corrected chi connectivity index (χ1v) is 8.32. The van der Waals surface area contributed by atoms with E-state index in [1.165, 1.54) is 6.07 Å². The van der Waals surface area contributed by atoms with Crippen molar-refractivity contribution in [2.75, 3.05) is 33.8 Å². The molecule has 1 saturated heterocycles. The van der Waals surface area contributed by atoms with Crippen molar-refractivity contribution < 1.29 is 9.50 Å². The number of benzene rings is 1. The summed E-state index contributed by atoms with van der Waals surface area (Å²) in [4.78, 5) is 4.59. The molecule has 2 rings (SSSR count). The highest BCUT2D eigenvalue weighted by Gasteiger charge is 2.30. The van der Waals surface area contributed by atoms with Crippen LogP contribution in [-0.4, -0.2) is 54.7 Å². The second-order valence-corrected chi connectivity index (χ2v) is 6.85. The molecule has 1 aromatic rings. The minimum atomic E-state index is -0.228. The van der Waals surface area contributed by atoms with Gasteiger partial charge in [0.1, 0.15) is 5.82 Å². The van der Waals surface area contributed by atoms with Crippen LogP contribution in [0.1, 0.15) is 24.8 Å². The Balaban J connectivity index is 2.00. The molecule has 0 bridgehead atoms. The second kappa shape index (κ2) is 8.25. The Morgan fingerprint density at radius 3 is 2.82 bits per heavy atom. The molecular weight excluding hydrogens is 303 g/mol. The highest BCUT2D eigenvalue weighted by atomic mass is 35.5. The standard InChI is InChI=1S/C17H26ClFN2O/c1-20(2)17-7-8-21(12-14(17)4-3-9-22)11-13-5-6-15(18)10-16(13)19/h5-6,10,14,17,22H,3-4,7-9,11-12H2,1-2H3/t14-,17+/m1/s1. The van der Waals surface area contributed by atoms with Crippen LogP contribution in [0.5, 0.6) is 0 Å². The van der Waals surface area contributed by atoms with Gasteiger partial charge in [0.05, 0.1) is 0 Å². The normalized spacial score (nSPS) is 23.2. The first-order valence-electron chi connectivity index (χ1n) is 7.95. The van der Waals surface area contributed by atoms with Crippen molar-refractivity contribution in [3.63, 3.8) is 0 Å². The maximum absolute atomic E-state index is 14.0. The van der Waals surface area contributed by atoms with Gasteiger partial charge in [0.25, 0.3) is 0 Å². The van der Waals surface area contributed by atoms with E-state index in [2.05, 4.69) is 23.9 Å². The van der Waals surface area contributed by atoms with Crippen LogP contribution in [0.15, 0.2) is 18.2 Å². The van der Waals surface area contributed by atoms with E-state index in [0.29, 0.717) is 29.1 Å². The topological polar surface area (TPSA) is 26.7 Å². The van der Waals surface area contributed by atoms with E-state index in [0.717, 1.165) is 32.4 Å². The fourth-order valence-corrected chi connectivity index (χ4v) is 3.61. The molecule has 0 spiro atoms. The van der Waals surface area contributed by atoms with Crippen molar-refractivity contribution >= 4 is 11.6 Å². The Morgan fingerprint density at radius 2 is 2.18 bits per heavy atom. The Hall–Kier alpha value is -0.680. The van der Waals surface area contributed by atoms with Gasteiger partial charge in [-0.3, -0.25) is 4.90 Å². The van der Waals surface area contributed by atoms with Crippen LogP contribution in [0.2, 0.25) is 5.02 Å². The summed E-state index contributed by atoms with van der Waals surface area (Å²) in [5.41, 5.74) is 0.702. The Kier molecular flexibility index (Phi) is 6.63. The average molecular weight is 329 g/mol. The Bertz CT molecular complexity index is 484. The number of rotatable bonds is 6. The number of hydrogen-bond acceptors (Lipinski definition) is 3. The van der Waals surface area contributed by atoms with Gasteiger partial charge >= 0.3 is 0 Å². The number of aliphatic hydroxyl groups is 1. The van der Waals surface area contributed by atoms with Gasteiger partial charge in [-0.15, -0.1) is 0 Å². The van der Waals surface area contributed by atoms with Crippen LogP contribution in [0.3, 0.4) is 0 Å². The van der Waals surface area contributed by atoms with Crippen molar-refractivity contribution in [3.8, 4) is 0 Å². The van der Waals surface area contributed by atoms with Gasteiger partial charge in [-0.25, -0.2) is 4.39 Å². The highest BCUT2D eigenvalue weighted by Crippen LogP contribution is 2.26. The first kappa shape index (κ1) is 17.7. The van der Waals surface area contributed by atoms with Crippen LogP contribution >= 0.6 is 11.6 Å². The highest BCUT2D eigenvalue weighted by molar-refractivity contribution is 6.30. The summed E-state index contributed by atoms with van der Waals surface area (Å²) < 4.78 is 14.0. The lowest BCUT2D eigenvalue weighted by Crippen LogP contribution is -2.48. The molecule has 1 N–H and O–H groups in total. The molecule has 1 aliphatic rings. The van der Waals surface area contributed by atoms with Crippen molar-refractivity contribution in [3.05, 3.63) is 34.6 Å². The van der Waals surface area contributed by atoms with Crippen LogP contribution in [0.4, 0.5) is 4.39 Å². The predicted molar refractivity (Wildman–Crippen MR) is 88.6 cm³/mol. The van der Waals surface area contributed by atoms with Crippen LogP contribution in [0, 0.1) is 11.7 Å². The molecule has 0 saturated carbocycles. The lowest BCUT2D eigenvalue weighted by atomic mass is 9.87. The molecule has 22 heavy (non-hydrogen) atoms. The summed E-state index contributed by atoms with van der Waals surface area (Å²) in [6.07, 6.45) is 2.93. The Morgan fingerprint density at radius 1 is 1.41 bits per heavy atom. The molecule has 1 aromatic carbocycles. The van der Waals surface area contributed by atoms with E-state index in [4.69, 9.17) is 16.7 Å². The summed E-state index contributed by atoms with van der Waals surface area (Å²) in [7, 11) is 4.23. The summed E-state index contributed by atoms with van der Waals surface area (Å²) in [6, 6.07) is 5.44. The molecule has 3 nitrogen and oxygen atoms in total. The van der Waals surface area contributed by atoms with Crippen LogP contribution in [0.25, 0.3) is 0 Å². The summed E-state index contributed by atoms with van der Waals surface area (Å²) in [6.45, 7) is 2.78. The first-order chi connectivity index (χ1) is 10.5. The third kappa shape index (κ3) is 4.66. The summed E-state index contributed by atoms with van der Waals surface area (Å²) >= 11 is 5.81. The molecule has 1 aliphatic heterocycles. The number of nitrogens with zero attached hydrogens (tertiary/aromatic N) is 2. The number of likely N-dealkylation sites (tertiary alicyclic amines) is 1. The van der Waals surface area contributed by atoms with Gasteiger partial charge < -0.3 is 10.0 Å². The summed E-state index contributed by atoms with van der Waals surface area (Å²) in [5.74, 6) is 0.292. The van der Waals surface area contributed by atoms with Gasteiger partial charge in [-0.2, -0.15) is 0 Å². The van der Waals surface area contributed by atoms with Crippen LogP contribution in [-0.2, 0) is 6.54 Å². The molecule has 1 fully saturated rings. The minimum absolute atomic E-state index is 0.228. The molecule has 0 amide bonds. The average Bonchev–Trinajstić information content (AvgIpc) is 2.48. The molecule has 5 heteroatoms. The molecule has 124 valence electrons. The zero-order valence-corrected chi connectivity index (χ0v) is 14.2. The maximum atomic E-state index is 14.0. The zero-order chi connectivity index (χ0) is 16.1. The van der Waals surface area contributed by atoms with E-state index in [1.54, 1.807) is 12.1 Å². The summed E-state index contributed by atoms with van der Waals surface area (Å²) in [5, 5.41) is 9.53. The van der Waals surface area contributed by atoms with Gasteiger partial charge in [0, 0.05) is 36.3 Å². The van der Waals surface area contributed by atoms with Crippen molar-refractivity contribution in [1.29, 1.82) is 0 Å². The lowest BCUT2D eigenvalue weighted by molar-refractivity contribution is 0.0711. The van der Waals surface area contributed by atoms with Gasteiger partial charge in [-0.1, -0.05) is 17.7 Å². The lowest BCUT2D eigenvalue weighted by Gasteiger charge is -2.41. The minimum Gasteiger partial charge on any atom is -0.396 e. The fraction of sp³-hybridized carbons (Fsp3) is 0.647. The molecule has 0 aliphatic carbocycles. The van der Waals surface area contributed by atoms with Crippen molar-refractivity contribution in [1.82, 2.24) is 9.80 Å². The van der Waals surface area contributed by atoms with Crippen LogP contribution < -0.4 is 0 Å². The molecular formula is C17H26ClFN2O. The third-order valence-electron chi connectivity index (χ3n) is 4.58. The smallest absolute Gasteiger partial charge is 0.129 e. The Labute approximate surface area is 137 Å². The van der Waals surface area contributed by atoms with E-state index < -0.39 is 0 Å². The predicted octanol–water partition coefficient (Wildman–Crippen LogP) is 3.00. The van der Waals surface area contributed by atoms with E-state index in [-0.39, 0.29) is 12.4 Å². The fourth-order valence-electron chi connectivity index (χ4n) is 3.45. The molecule has 1 heterocycles. The number of piperidine rings is 1. The third-order valence-corrected chi connectivity index (χ3v) is 4.82.